The van der Waals surface area contributed by atoms with Crippen LogP contribution in [0.1, 0.15) is 24.0 Å². The van der Waals surface area contributed by atoms with Gasteiger partial charge in [0.2, 0.25) is 0 Å². The van der Waals surface area contributed by atoms with Crippen LogP contribution in [0.5, 0.6) is 11.5 Å². The maximum absolute atomic E-state index is 9.69. The molecule has 1 saturated carbocycles. The Labute approximate surface area is 82.6 Å². The van der Waals surface area contributed by atoms with Crippen molar-refractivity contribution in [2.24, 2.45) is 0 Å². The Morgan fingerprint density at radius 1 is 1.29 bits per heavy atom. The van der Waals surface area contributed by atoms with Gasteiger partial charge in [0.05, 0.1) is 5.60 Å². The largest absolute Gasteiger partial charge is 0.504 e. The maximum Gasteiger partial charge on any atom is 0.160 e. The van der Waals surface area contributed by atoms with Gasteiger partial charge in [0, 0.05) is 6.42 Å². The molecule has 3 heteroatoms. The lowest BCUT2D eigenvalue weighted by Crippen LogP contribution is -2.10. The number of rotatable bonds is 2. The average molecular weight is 194 g/mol. The van der Waals surface area contributed by atoms with E-state index >= 15 is 0 Å². The van der Waals surface area contributed by atoms with Crippen molar-refractivity contribution >= 4 is 0 Å². The monoisotopic (exact) mass is 194 g/mol. The summed E-state index contributed by atoms with van der Waals surface area (Å²) < 4.78 is 0. The van der Waals surface area contributed by atoms with Crippen molar-refractivity contribution in [3.05, 3.63) is 23.3 Å². The van der Waals surface area contributed by atoms with Crippen molar-refractivity contribution in [1.29, 1.82) is 0 Å². The first kappa shape index (κ1) is 9.34. The quantitative estimate of drug-likeness (QED) is 0.625. The van der Waals surface area contributed by atoms with E-state index in [1.54, 1.807) is 13.0 Å². The van der Waals surface area contributed by atoms with E-state index in [1.165, 1.54) is 6.07 Å². The summed E-state index contributed by atoms with van der Waals surface area (Å²) in [6.07, 6.45) is 2.21. The summed E-state index contributed by atoms with van der Waals surface area (Å²) >= 11 is 0. The van der Waals surface area contributed by atoms with Crippen LogP contribution in [0.3, 0.4) is 0 Å². The molecule has 0 radical (unpaired) electrons. The molecular weight excluding hydrogens is 180 g/mol. The number of phenols is 2. The lowest BCUT2D eigenvalue weighted by atomic mass is 10.0. The van der Waals surface area contributed by atoms with Gasteiger partial charge in [0.1, 0.15) is 0 Å². The molecule has 0 heterocycles. The van der Waals surface area contributed by atoms with Crippen LogP contribution in [0.25, 0.3) is 0 Å². The number of aryl methyl sites for hydroxylation is 1. The molecule has 76 valence electrons. The molecule has 1 aromatic rings. The van der Waals surface area contributed by atoms with Crippen LogP contribution in [-0.2, 0) is 6.42 Å². The van der Waals surface area contributed by atoms with Crippen LogP contribution in [0.15, 0.2) is 12.1 Å². The first-order valence-corrected chi connectivity index (χ1v) is 4.74. The molecule has 2 rings (SSSR count). The second-order valence-corrected chi connectivity index (χ2v) is 4.18. The van der Waals surface area contributed by atoms with E-state index in [4.69, 9.17) is 0 Å². The van der Waals surface area contributed by atoms with Crippen LogP contribution in [-0.4, -0.2) is 20.9 Å². The molecule has 3 N–H and O–H groups in total. The normalized spacial score (nSPS) is 18.1. The second kappa shape index (κ2) is 2.89. The van der Waals surface area contributed by atoms with Gasteiger partial charge in [-0.25, -0.2) is 0 Å². The Balaban J connectivity index is 2.26. The van der Waals surface area contributed by atoms with E-state index in [-0.39, 0.29) is 11.5 Å². The van der Waals surface area contributed by atoms with E-state index in [2.05, 4.69) is 0 Å². The summed E-state index contributed by atoms with van der Waals surface area (Å²) in [6.45, 7) is 1.73. The zero-order chi connectivity index (χ0) is 10.3. The Morgan fingerprint density at radius 2 is 1.93 bits per heavy atom. The molecule has 1 aromatic carbocycles. The Morgan fingerprint density at radius 3 is 2.43 bits per heavy atom. The molecule has 1 aliphatic rings. The maximum atomic E-state index is 9.69. The predicted octanol–water partition coefficient (Wildman–Crippen LogP) is 1.47. The Hall–Kier alpha value is -1.22. The molecular formula is C11H14O3. The molecule has 0 saturated heterocycles. The highest BCUT2D eigenvalue weighted by Gasteiger charge is 2.40. The van der Waals surface area contributed by atoms with Crippen molar-refractivity contribution in [2.75, 3.05) is 0 Å². The molecule has 0 bridgehead atoms. The summed E-state index contributed by atoms with van der Waals surface area (Å²) in [5.41, 5.74) is 0.956. The smallest absolute Gasteiger partial charge is 0.160 e. The molecule has 0 aromatic heterocycles. The van der Waals surface area contributed by atoms with Gasteiger partial charge in [-0.1, -0.05) is 6.07 Å². The highest BCUT2D eigenvalue weighted by atomic mass is 16.3. The molecule has 0 unspecified atom stereocenters. The minimum atomic E-state index is -0.560. The highest BCUT2D eigenvalue weighted by Crippen LogP contribution is 2.40. The van der Waals surface area contributed by atoms with Gasteiger partial charge in [-0.05, 0) is 37.0 Å². The fourth-order valence-electron chi connectivity index (χ4n) is 1.64. The highest BCUT2D eigenvalue weighted by molar-refractivity contribution is 5.47. The lowest BCUT2D eigenvalue weighted by Gasteiger charge is -2.10. The van der Waals surface area contributed by atoms with E-state index in [9.17, 15) is 15.3 Å². The summed E-state index contributed by atoms with van der Waals surface area (Å²) in [4.78, 5) is 0. The molecule has 14 heavy (non-hydrogen) atoms. The van der Waals surface area contributed by atoms with E-state index in [1.807, 2.05) is 0 Å². The number of aliphatic hydroxyl groups is 1. The zero-order valence-electron chi connectivity index (χ0n) is 8.12. The van der Waals surface area contributed by atoms with Crippen LogP contribution in [0.2, 0.25) is 0 Å². The van der Waals surface area contributed by atoms with E-state index < -0.39 is 5.60 Å². The van der Waals surface area contributed by atoms with E-state index in [0.29, 0.717) is 12.0 Å². The third-order valence-electron chi connectivity index (χ3n) is 2.70. The van der Waals surface area contributed by atoms with Gasteiger partial charge in [-0.2, -0.15) is 0 Å². The number of hydrogen-bond donors (Lipinski definition) is 3. The van der Waals surface area contributed by atoms with Crippen LogP contribution < -0.4 is 0 Å². The third-order valence-corrected chi connectivity index (χ3v) is 2.70. The summed E-state index contributed by atoms with van der Waals surface area (Å²) in [5.74, 6) is -0.180. The molecule has 1 fully saturated rings. The summed E-state index contributed by atoms with van der Waals surface area (Å²) in [6, 6.07) is 3.31. The van der Waals surface area contributed by atoms with Gasteiger partial charge in [-0.15, -0.1) is 0 Å². The minimum absolute atomic E-state index is 0.0727. The number of phenolic OH excluding ortho intramolecular Hbond substituents is 2. The Bertz CT molecular complexity index is 344. The van der Waals surface area contributed by atoms with E-state index in [0.717, 1.165) is 18.4 Å². The summed E-state index contributed by atoms with van der Waals surface area (Å²) in [5, 5.41) is 28.4. The van der Waals surface area contributed by atoms with Crippen molar-refractivity contribution in [2.45, 2.75) is 31.8 Å². The van der Waals surface area contributed by atoms with Crippen LogP contribution >= 0.6 is 0 Å². The molecule has 0 amide bonds. The standard InChI is InChI=1S/C11H14O3/c1-7-4-8(5-9(12)10(7)13)6-11(14)2-3-11/h4-5,12-14H,2-3,6H2,1H3. The molecule has 3 nitrogen and oxygen atoms in total. The Kier molecular flexibility index (Phi) is 1.93. The minimum Gasteiger partial charge on any atom is -0.504 e. The molecule has 0 atom stereocenters. The van der Waals surface area contributed by atoms with Crippen molar-refractivity contribution in [3.63, 3.8) is 0 Å². The van der Waals surface area contributed by atoms with Gasteiger partial charge >= 0.3 is 0 Å². The third kappa shape index (κ3) is 1.68. The lowest BCUT2D eigenvalue weighted by molar-refractivity contribution is 0.151. The summed E-state index contributed by atoms with van der Waals surface area (Å²) in [7, 11) is 0. The fraction of sp³-hybridized carbons (Fsp3) is 0.455. The second-order valence-electron chi connectivity index (χ2n) is 4.18. The van der Waals surface area contributed by atoms with Crippen molar-refractivity contribution in [3.8, 4) is 11.5 Å². The van der Waals surface area contributed by atoms with Gasteiger partial charge in [0.25, 0.3) is 0 Å². The van der Waals surface area contributed by atoms with Crippen LogP contribution in [0.4, 0.5) is 0 Å². The van der Waals surface area contributed by atoms with Gasteiger partial charge in [0.15, 0.2) is 11.5 Å². The SMILES string of the molecule is Cc1cc(CC2(O)CC2)cc(O)c1O. The van der Waals surface area contributed by atoms with Crippen molar-refractivity contribution in [1.82, 2.24) is 0 Å². The van der Waals surface area contributed by atoms with Crippen LogP contribution in [0, 0.1) is 6.92 Å². The van der Waals surface area contributed by atoms with Gasteiger partial charge in [-0.3, -0.25) is 0 Å². The topological polar surface area (TPSA) is 60.7 Å². The molecule has 0 aliphatic heterocycles. The molecule has 0 spiro atoms. The van der Waals surface area contributed by atoms with Gasteiger partial charge < -0.3 is 15.3 Å². The first-order valence-electron chi connectivity index (χ1n) is 4.74. The number of benzene rings is 1. The predicted molar refractivity (Wildman–Crippen MR) is 52.4 cm³/mol. The van der Waals surface area contributed by atoms with Crippen molar-refractivity contribution < 1.29 is 15.3 Å². The average Bonchev–Trinajstić information content (AvgIpc) is 2.79. The fourth-order valence-corrected chi connectivity index (χ4v) is 1.64. The number of aromatic hydroxyl groups is 2. The molecule has 1 aliphatic carbocycles. The number of hydrogen-bond acceptors (Lipinski definition) is 3. The first-order chi connectivity index (χ1) is 6.50. The zero-order valence-corrected chi connectivity index (χ0v) is 8.12.